The van der Waals surface area contributed by atoms with Crippen LogP contribution in [0.1, 0.15) is 44.5 Å². The highest BCUT2D eigenvalue weighted by Gasteiger charge is 2.28. The van der Waals surface area contributed by atoms with E-state index in [1.807, 2.05) is 72.8 Å². The van der Waals surface area contributed by atoms with Gasteiger partial charge in [0.25, 0.3) is 0 Å². The first-order valence-electron chi connectivity index (χ1n) is 26.0. The molecule has 4 aromatic heterocycles. The van der Waals surface area contributed by atoms with E-state index in [9.17, 15) is 0 Å². The van der Waals surface area contributed by atoms with E-state index in [2.05, 4.69) is 174 Å². The second kappa shape index (κ2) is 18.2. The minimum absolute atomic E-state index is 0.648. The van der Waals surface area contributed by atoms with Crippen LogP contribution in [-0.2, 0) is 0 Å². The summed E-state index contributed by atoms with van der Waals surface area (Å²) in [4.78, 5) is 31.0. The van der Waals surface area contributed by atoms with Crippen LogP contribution in [0.15, 0.2) is 182 Å². The second-order valence-electron chi connectivity index (χ2n) is 20.1. The monoisotopic (exact) mass is 982 g/mol. The van der Waals surface area contributed by atoms with Crippen molar-refractivity contribution in [3.8, 4) is 79.7 Å². The lowest BCUT2D eigenvalue weighted by Crippen LogP contribution is -2.09. The van der Waals surface area contributed by atoms with E-state index in [0.29, 0.717) is 34.9 Å². The molecular formula is C68H54N8. The van der Waals surface area contributed by atoms with Gasteiger partial charge in [0, 0.05) is 54.9 Å². The molecule has 0 saturated heterocycles. The van der Waals surface area contributed by atoms with Crippen LogP contribution in [0.25, 0.3) is 123 Å². The Morgan fingerprint density at radius 3 is 0.961 bits per heavy atom. The van der Waals surface area contributed by atoms with Crippen LogP contribution in [0.3, 0.4) is 0 Å². The van der Waals surface area contributed by atoms with Crippen molar-refractivity contribution in [2.75, 3.05) is 0 Å². The van der Waals surface area contributed by atoms with Crippen molar-refractivity contribution in [2.45, 2.75) is 55.4 Å². The fourth-order valence-corrected chi connectivity index (χ4v) is 11.7. The first-order chi connectivity index (χ1) is 37.1. The van der Waals surface area contributed by atoms with E-state index in [1.54, 1.807) is 0 Å². The molecule has 0 aliphatic rings. The fourth-order valence-electron chi connectivity index (χ4n) is 11.7. The van der Waals surface area contributed by atoms with Gasteiger partial charge in [-0.05, 0) is 118 Å². The number of rotatable bonds is 8. The van der Waals surface area contributed by atoms with E-state index < -0.39 is 0 Å². The molecule has 0 radical (unpaired) electrons. The summed E-state index contributed by atoms with van der Waals surface area (Å²) in [5.41, 5.74) is 22.0. The molecule has 366 valence electrons. The molecule has 76 heavy (non-hydrogen) atoms. The Balaban J connectivity index is 1.05. The number of hydrogen-bond donors (Lipinski definition) is 0. The van der Waals surface area contributed by atoms with Crippen LogP contribution < -0.4 is 0 Å². The standard InChI is InChI=1S/C68H54N8/c1-39-43(5)60(44(6)40(2)57(39)67-71-63(47-25-13-9-14-26-47)69-64(72-67)48-27-15-10-16-28-48)75-55-36-24-22-34-53(55)59-56(75)38-37-52-51-33-21-23-35-54(51)76(62(52)59)61-45(7)41(3)58(42(4)46(61)8)68-73-65(49-29-17-11-18-30-49)70-66(74-68)50-31-19-12-20-32-50/h9-38H,1-8H3. The molecule has 0 aliphatic carbocycles. The molecule has 0 bridgehead atoms. The fraction of sp³-hybridized carbons (Fsp3) is 0.118. The summed E-state index contributed by atoms with van der Waals surface area (Å²) < 4.78 is 5.05. The van der Waals surface area contributed by atoms with E-state index in [4.69, 9.17) is 29.9 Å². The maximum atomic E-state index is 5.24. The Hall–Kier alpha value is -9.40. The average molecular weight is 983 g/mol. The SMILES string of the molecule is Cc1c(C)c(-n2c3ccccc3c3c2ccc2c4ccccc4n(-c4c(C)c(C)c(-c5nc(-c6ccccc6)nc(-c6ccccc6)n5)c(C)c4C)c23)c(C)c(C)c1-c1nc(-c2ccccc2)nc(-c2ccccc2)n1. The molecule has 0 aliphatic heterocycles. The molecule has 13 aromatic rings. The van der Waals surface area contributed by atoms with Gasteiger partial charge < -0.3 is 9.13 Å². The number of hydrogen-bond acceptors (Lipinski definition) is 6. The van der Waals surface area contributed by atoms with Crippen molar-refractivity contribution in [3.63, 3.8) is 0 Å². The van der Waals surface area contributed by atoms with Gasteiger partial charge in [0.1, 0.15) is 0 Å². The van der Waals surface area contributed by atoms with Gasteiger partial charge in [-0.15, -0.1) is 0 Å². The summed E-state index contributed by atoms with van der Waals surface area (Å²) in [6.07, 6.45) is 0. The summed E-state index contributed by atoms with van der Waals surface area (Å²) in [7, 11) is 0. The first-order valence-corrected chi connectivity index (χ1v) is 26.0. The molecule has 0 saturated carbocycles. The van der Waals surface area contributed by atoms with E-state index >= 15 is 0 Å². The minimum atomic E-state index is 0.648. The van der Waals surface area contributed by atoms with E-state index in [0.717, 1.165) is 77.9 Å². The molecule has 0 N–H and O–H groups in total. The quantitative estimate of drug-likeness (QED) is 0.151. The predicted octanol–water partition coefficient (Wildman–Crippen LogP) is 16.7. The summed E-state index contributed by atoms with van der Waals surface area (Å²) in [5, 5.41) is 4.80. The topological polar surface area (TPSA) is 87.2 Å². The molecule has 0 amide bonds. The molecule has 0 atom stereocenters. The largest absolute Gasteiger partial charge is 0.309 e. The highest BCUT2D eigenvalue weighted by atomic mass is 15.1. The Bertz CT molecular complexity index is 4290. The van der Waals surface area contributed by atoms with Gasteiger partial charge in [0.2, 0.25) is 0 Å². The number of para-hydroxylation sites is 2. The summed E-state index contributed by atoms with van der Waals surface area (Å²) in [6, 6.07) is 63.3. The number of aromatic nitrogens is 8. The smallest absolute Gasteiger partial charge is 0.164 e. The molecule has 0 unspecified atom stereocenters. The lowest BCUT2D eigenvalue weighted by Gasteiger charge is -2.23. The van der Waals surface area contributed by atoms with Crippen LogP contribution in [0, 0.1) is 55.4 Å². The van der Waals surface area contributed by atoms with Crippen LogP contribution in [0.2, 0.25) is 0 Å². The molecule has 0 spiro atoms. The lowest BCUT2D eigenvalue weighted by atomic mass is 9.91. The number of nitrogens with zero attached hydrogens (tertiary/aromatic N) is 8. The number of fused-ring (bicyclic) bond motifs is 7. The third-order valence-electron chi connectivity index (χ3n) is 15.9. The van der Waals surface area contributed by atoms with Gasteiger partial charge in [-0.3, -0.25) is 0 Å². The van der Waals surface area contributed by atoms with Crippen molar-refractivity contribution in [1.82, 2.24) is 39.0 Å². The normalized spacial score (nSPS) is 11.7. The average Bonchev–Trinajstić information content (AvgIpc) is 4.06. The molecule has 8 nitrogen and oxygen atoms in total. The Morgan fingerprint density at radius 2 is 0.566 bits per heavy atom. The van der Waals surface area contributed by atoms with Gasteiger partial charge >= 0.3 is 0 Å². The zero-order valence-electron chi connectivity index (χ0n) is 43.9. The van der Waals surface area contributed by atoms with Gasteiger partial charge in [0.05, 0.1) is 33.4 Å². The van der Waals surface area contributed by atoms with Gasteiger partial charge in [-0.1, -0.05) is 164 Å². The first kappa shape index (κ1) is 46.4. The molecule has 4 heterocycles. The van der Waals surface area contributed by atoms with Gasteiger partial charge in [-0.2, -0.15) is 0 Å². The highest BCUT2D eigenvalue weighted by molar-refractivity contribution is 6.26. The predicted molar refractivity (Wildman–Crippen MR) is 312 cm³/mol. The van der Waals surface area contributed by atoms with Crippen LogP contribution >= 0.6 is 0 Å². The Morgan fingerprint density at radius 1 is 0.250 bits per heavy atom. The molecular weight excluding hydrogens is 929 g/mol. The third kappa shape index (κ3) is 7.27. The zero-order valence-corrected chi connectivity index (χ0v) is 43.9. The third-order valence-corrected chi connectivity index (χ3v) is 15.9. The highest BCUT2D eigenvalue weighted by Crippen LogP contribution is 2.47. The van der Waals surface area contributed by atoms with Crippen LogP contribution in [0.5, 0.6) is 0 Å². The van der Waals surface area contributed by atoms with Crippen molar-refractivity contribution in [1.29, 1.82) is 0 Å². The van der Waals surface area contributed by atoms with Crippen molar-refractivity contribution < 1.29 is 0 Å². The molecule has 8 heteroatoms. The Kier molecular flexibility index (Phi) is 11.1. The minimum Gasteiger partial charge on any atom is -0.309 e. The van der Waals surface area contributed by atoms with Crippen molar-refractivity contribution >= 4 is 43.6 Å². The van der Waals surface area contributed by atoms with Crippen molar-refractivity contribution in [2.24, 2.45) is 0 Å². The van der Waals surface area contributed by atoms with Crippen LogP contribution in [0.4, 0.5) is 0 Å². The lowest BCUT2D eigenvalue weighted by molar-refractivity contribution is 1.05. The maximum absolute atomic E-state index is 5.24. The summed E-state index contributed by atoms with van der Waals surface area (Å²) >= 11 is 0. The maximum Gasteiger partial charge on any atom is 0.164 e. The molecule has 13 rings (SSSR count). The van der Waals surface area contributed by atoms with Gasteiger partial charge in [0.15, 0.2) is 34.9 Å². The van der Waals surface area contributed by atoms with E-state index in [-0.39, 0.29) is 0 Å². The van der Waals surface area contributed by atoms with Crippen LogP contribution in [-0.4, -0.2) is 39.0 Å². The zero-order chi connectivity index (χ0) is 51.9. The molecule has 9 aromatic carbocycles. The Labute approximate surface area is 442 Å². The summed E-state index contributed by atoms with van der Waals surface area (Å²) in [5.74, 6) is 3.92. The second-order valence-corrected chi connectivity index (χ2v) is 20.1. The van der Waals surface area contributed by atoms with Gasteiger partial charge in [-0.25, -0.2) is 29.9 Å². The molecule has 0 fully saturated rings. The summed E-state index contributed by atoms with van der Waals surface area (Å²) in [6.45, 7) is 17.9. The van der Waals surface area contributed by atoms with E-state index in [1.165, 1.54) is 55.0 Å². The van der Waals surface area contributed by atoms with Crippen molar-refractivity contribution in [3.05, 3.63) is 226 Å². The number of benzene rings is 9.